The molecule has 1 rings (SSSR count). The summed E-state index contributed by atoms with van der Waals surface area (Å²) in [5, 5.41) is 0. The summed E-state index contributed by atoms with van der Waals surface area (Å²) in [6.45, 7) is 2.81. The Labute approximate surface area is 102 Å². The van der Waals surface area contributed by atoms with Crippen LogP contribution in [0.5, 0.6) is 0 Å². The Balaban J connectivity index is 2.87. The number of rotatable bonds is 7. The number of nitrogen functional groups attached to an aromatic ring is 1. The highest BCUT2D eigenvalue weighted by Gasteiger charge is 2.12. The lowest BCUT2D eigenvalue weighted by Gasteiger charge is -2.19. The highest BCUT2D eigenvalue weighted by Crippen LogP contribution is 2.17. The largest absolute Gasteiger partial charge is 0.394 e. The van der Waals surface area contributed by atoms with Crippen LogP contribution >= 0.6 is 0 Å². The maximum atomic E-state index is 11.9. The van der Waals surface area contributed by atoms with E-state index >= 15 is 0 Å². The zero-order chi connectivity index (χ0) is 12.7. The van der Waals surface area contributed by atoms with E-state index in [9.17, 15) is 4.79 Å². The summed E-state index contributed by atoms with van der Waals surface area (Å²) in [5.74, 6) is 0. The summed E-state index contributed by atoms with van der Waals surface area (Å²) in [6.07, 6.45) is 5.88. The van der Waals surface area contributed by atoms with Gasteiger partial charge >= 0.3 is 0 Å². The number of methoxy groups -OCH3 is 1. The van der Waals surface area contributed by atoms with Crippen LogP contribution in [0.25, 0.3) is 0 Å². The van der Waals surface area contributed by atoms with Gasteiger partial charge in [-0.15, -0.1) is 0 Å². The lowest BCUT2D eigenvalue weighted by molar-refractivity contribution is 0.174. The van der Waals surface area contributed by atoms with E-state index in [1.165, 1.54) is 0 Å². The van der Waals surface area contributed by atoms with Crippen molar-refractivity contribution < 1.29 is 4.74 Å². The average molecular weight is 238 g/mol. The lowest BCUT2D eigenvalue weighted by atomic mass is 10.1. The van der Waals surface area contributed by atoms with E-state index in [0.29, 0.717) is 12.3 Å². The van der Waals surface area contributed by atoms with Gasteiger partial charge in [-0.2, -0.15) is 0 Å². The number of aromatic nitrogens is 1. The predicted molar refractivity (Wildman–Crippen MR) is 70.2 cm³/mol. The molecule has 0 aromatic carbocycles. The molecular weight excluding hydrogens is 216 g/mol. The van der Waals surface area contributed by atoms with Crippen LogP contribution in [0.1, 0.15) is 38.6 Å². The van der Waals surface area contributed by atoms with Gasteiger partial charge in [0.25, 0.3) is 5.56 Å². The first-order chi connectivity index (χ1) is 8.20. The topological polar surface area (TPSA) is 57.2 Å². The Morgan fingerprint density at radius 3 is 2.88 bits per heavy atom. The molecule has 0 bridgehead atoms. The van der Waals surface area contributed by atoms with E-state index in [1.54, 1.807) is 17.7 Å². The van der Waals surface area contributed by atoms with Gasteiger partial charge in [0.05, 0.1) is 5.69 Å². The molecule has 0 saturated carbocycles. The maximum absolute atomic E-state index is 11.9. The number of ether oxygens (including phenoxy) is 1. The minimum Gasteiger partial charge on any atom is -0.394 e. The van der Waals surface area contributed by atoms with Gasteiger partial charge in [0, 0.05) is 26.0 Å². The molecule has 0 fully saturated rings. The minimum absolute atomic E-state index is 0.0929. The van der Waals surface area contributed by atoms with Gasteiger partial charge in [-0.3, -0.25) is 4.79 Å². The van der Waals surface area contributed by atoms with Crippen LogP contribution < -0.4 is 11.3 Å². The van der Waals surface area contributed by atoms with Gasteiger partial charge in [0.1, 0.15) is 0 Å². The zero-order valence-corrected chi connectivity index (χ0v) is 10.7. The number of anilines is 1. The molecule has 2 N–H and O–H groups in total. The molecule has 1 heterocycles. The van der Waals surface area contributed by atoms with Crippen molar-refractivity contribution in [2.45, 2.75) is 38.6 Å². The SMILES string of the molecule is CCCC[C@@H](CCOC)n1cccc(N)c1=O. The summed E-state index contributed by atoms with van der Waals surface area (Å²) in [5.41, 5.74) is 5.87. The fourth-order valence-electron chi connectivity index (χ4n) is 1.93. The van der Waals surface area contributed by atoms with Crippen molar-refractivity contribution >= 4 is 5.69 Å². The lowest BCUT2D eigenvalue weighted by Crippen LogP contribution is -2.27. The summed E-state index contributed by atoms with van der Waals surface area (Å²) >= 11 is 0. The number of unbranched alkanes of at least 4 members (excludes halogenated alkanes) is 1. The van der Waals surface area contributed by atoms with Gasteiger partial charge in [0.2, 0.25) is 0 Å². The van der Waals surface area contributed by atoms with Crippen LogP contribution in [0.3, 0.4) is 0 Å². The van der Waals surface area contributed by atoms with Gasteiger partial charge in [-0.25, -0.2) is 0 Å². The van der Waals surface area contributed by atoms with Gasteiger partial charge in [-0.1, -0.05) is 19.8 Å². The summed E-state index contributed by atoms with van der Waals surface area (Å²) in [6, 6.07) is 3.65. The number of nitrogens with two attached hydrogens (primary N) is 1. The van der Waals surface area contributed by atoms with Crippen molar-refractivity contribution in [2.75, 3.05) is 19.5 Å². The van der Waals surface area contributed by atoms with E-state index in [2.05, 4.69) is 6.92 Å². The molecule has 4 heteroatoms. The van der Waals surface area contributed by atoms with Crippen LogP contribution in [0.15, 0.2) is 23.1 Å². The van der Waals surface area contributed by atoms with Crippen LogP contribution in [0.2, 0.25) is 0 Å². The molecular formula is C13H22N2O2. The molecule has 4 nitrogen and oxygen atoms in total. The Hall–Kier alpha value is -1.29. The molecule has 0 unspecified atom stereocenters. The van der Waals surface area contributed by atoms with Crippen molar-refractivity contribution in [3.05, 3.63) is 28.7 Å². The standard InChI is InChI=1S/C13H22N2O2/c1-3-4-6-11(8-10-17-2)15-9-5-7-12(14)13(15)16/h5,7,9,11H,3-4,6,8,10,14H2,1-2H3/t11-/m0/s1. The number of hydrogen-bond acceptors (Lipinski definition) is 3. The molecule has 1 aromatic rings. The average Bonchev–Trinajstić information content (AvgIpc) is 2.34. The molecule has 1 aromatic heterocycles. The molecule has 0 aliphatic rings. The van der Waals surface area contributed by atoms with Crippen molar-refractivity contribution in [3.8, 4) is 0 Å². The van der Waals surface area contributed by atoms with Crippen LogP contribution in [0, 0.1) is 0 Å². The summed E-state index contributed by atoms with van der Waals surface area (Å²) < 4.78 is 6.84. The zero-order valence-electron chi connectivity index (χ0n) is 10.7. The summed E-state index contributed by atoms with van der Waals surface area (Å²) in [4.78, 5) is 11.9. The second-order valence-corrected chi connectivity index (χ2v) is 4.25. The van der Waals surface area contributed by atoms with Crippen LogP contribution in [-0.4, -0.2) is 18.3 Å². The van der Waals surface area contributed by atoms with E-state index in [-0.39, 0.29) is 11.6 Å². The number of pyridine rings is 1. The third kappa shape index (κ3) is 3.89. The first kappa shape index (κ1) is 13.8. The van der Waals surface area contributed by atoms with Crippen molar-refractivity contribution in [3.63, 3.8) is 0 Å². The molecule has 1 atom stereocenters. The fraction of sp³-hybridized carbons (Fsp3) is 0.615. The molecule has 96 valence electrons. The molecule has 0 spiro atoms. The third-order valence-corrected chi connectivity index (χ3v) is 2.94. The molecule has 17 heavy (non-hydrogen) atoms. The van der Waals surface area contributed by atoms with Crippen LogP contribution in [-0.2, 0) is 4.74 Å². The highest BCUT2D eigenvalue weighted by atomic mass is 16.5. The van der Waals surface area contributed by atoms with Gasteiger partial charge in [-0.05, 0) is 25.0 Å². The van der Waals surface area contributed by atoms with E-state index in [0.717, 1.165) is 25.7 Å². The molecule has 0 aliphatic heterocycles. The van der Waals surface area contributed by atoms with E-state index in [4.69, 9.17) is 10.5 Å². The normalized spacial score (nSPS) is 12.6. The smallest absolute Gasteiger partial charge is 0.273 e. The molecule has 0 saturated heterocycles. The van der Waals surface area contributed by atoms with E-state index in [1.807, 2.05) is 12.3 Å². The number of hydrogen-bond donors (Lipinski definition) is 1. The summed E-state index contributed by atoms with van der Waals surface area (Å²) in [7, 11) is 1.68. The first-order valence-electron chi connectivity index (χ1n) is 6.16. The van der Waals surface area contributed by atoms with Gasteiger partial charge in [0.15, 0.2) is 0 Å². The Morgan fingerprint density at radius 2 is 2.24 bits per heavy atom. The van der Waals surface area contributed by atoms with Crippen molar-refractivity contribution in [1.29, 1.82) is 0 Å². The van der Waals surface area contributed by atoms with Crippen LogP contribution in [0.4, 0.5) is 5.69 Å². The molecule has 0 aliphatic carbocycles. The second kappa shape index (κ2) is 7.12. The Morgan fingerprint density at radius 1 is 1.47 bits per heavy atom. The maximum Gasteiger partial charge on any atom is 0.273 e. The third-order valence-electron chi connectivity index (χ3n) is 2.94. The minimum atomic E-state index is -0.0929. The quantitative estimate of drug-likeness (QED) is 0.792. The van der Waals surface area contributed by atoms with Crippen molar-refractivity contribution in [1.82, 2.24) is 4.57 Å². The predicted octanol–water partition coefficient (Wildman–Crippen LogP) is 2.20. The van der Waals surface area contributed by atoms with Crippen molar-refractivity contribution in [2.24, 2.45) is 0 Å². The second-order valence-electron chi connectivity index (χ2n) is 4.25. The Kier molecular flexibility index (Phi) is 5.77. The van der Waals surface area contributed by atoms with Gasteiger partial charge < -0.3 is 15.0 Å². The first-order valence-corrected chi connectivity index (χ1v) is 6.16. The molecule has 0 amide bonds. The molecule has 0 radical (unpaired) electrons. The fourth-order valence-corrected chi connectivity index (χ4v) is 1.93. The number of nitrogens with zero attached hydrogens (tertiary/aromatic N) is 1. The monoisotopic (exact) mass is 238 g/mol. The highest BCUT2D eigenvalue weighted by molar-refractivity contribution is 5.33. The van der Waals surface area contributed by atoms with E-state index < -0.39 is 0 Å². The Bertz CT molecular complexity index is 379.